The Bertz CT molecular complexity index is 1380. The van der Waals surface area contributed by atoms with Crippen molar-refractivity contribution in [2.75, 3.05) is 39.6 Å². The average molecular weight is 731 g/mol. The Morgan fingerprint density at radius 3 is 1.98 bits per heavy atom. The smallest absolute Gasteiger partial charge is 0.332 e. The van der Waals surface area contributed by atoms with Crippen LogP contribution in [0.5, 0.6) is 0 Å². The summed E-state index contributed by atoms with van der Waals surface area (Å²) in [5, 5.41) is 0. The largest absolute Gasteiger partial charge is 0.460 e. The standard InChI is InChI=1S/C42H66O10/c1-12-47-23-34(44)50-30(37(26(4)5)52-36(46)25-49-14-3)21-27(6)28-15-19-41(10)29(28)22-31(51-35(45)24-48-13-2)38-40(9)18-17-33(43)39(7,8)32(40)16-20-42(38,41)11/h27,30-32,37-38H,4,12-25H2,1-3,5-11H3/t27-,30+,31+,32+,37+,38+,40+,41+,42+/m1/s1. The molecule has 0 saturated heterocycles. The second-order valence-corrected chi connectivity index (χ2v) is 17.0. The van der Waals surface area contributed by atoms with Crippen LogP contribution in [0.4, 0.5) is 0 Å². The van der Waals surface area contributed by atoms with Crippen molar-refractivity contribution < 1.29 is 47.6 Å². The zero-order chi connectivity index (χ0) is 38.6. The van der Waals surface area contributed by atoms with Crippen LogP contribution in [-0.2, 0) is 47.6 Å². The lowest BCUT2D eigenvalue weighted by Crippen LogP contribution is -2.66. The number of fused-ring (bicyclic) bond motifs is 5. The van der Waals surface area contributed by atoms with E-state index in [4.69, 9.17) is 28.4 Å². The van der Waals surface area contributed by atoms with Crippen LogP contribution in [0.25, 0.3) is 0 Å². The van der Waals surface area contributed by atoms with Gasteiger partial charge in [0.25, 0.3) is 0 Å². The number of ether oxygens (including phenoxy) is 6. The van der Waals surface area contributed by atoms with Crippen molar-refractivity contribution in [1.82, 2.24) is 0 Å². The highest BCUT2D eigenvalue weighted by Crippen LogP contribution is 2.74. The molecule has 0 amide bonds. The highest BCUT2D eigenvalue weighted by Gasteiger charge is 2.70. The summed E-state index contributed by atoms with van der Waals surface area (Å²) < 4.78 is 34.5. The first-order valence-electron chi connectivity index (χ1n) is 19.6. The Hall–Kier alpha value is -2.56. The van der Waals surface area contributed by atoms with Crippen molar-refractivity contribution in [3.8, 4) is 0 Å². The quantitative estimate of drug-likeness (QED) is 0.0852. The number of hydrogen-bond donors (Lipinski definition) is 0. The van der Waals surface area contributed by atoms with E-state index in [1.165, 1.54) is 11.1 Å². The van der Waals surface area contributed by atoms with Gasteiger partial charge in [-0.1, -0.05) is 59.3 Å². The summed E-state index contributed by atoms with van der Waals surface area (Å²) >= 11 is 0. The normalized spacial score (nSPS) is 32.5. The van der Waals surface area contributed by atoms with Gasteiger partial charge in [0, 0.05) is 44.0 Å². The predicted molar refractivity (Wildman–Crippen MR) is 197 cm³/mol. The molecule has 0 spiro atoms. The molecule has 294 valence electrons. The third-order valence-electron chi connectivity index (χ3n) is 13.7. The van der Waals surface area contributed by atoms with Crippen LogP contribution in [-0.4, -0.2) is 81.6 Å². The minimum Gasteiger partial charge on any atom is -0.460 e. The van der Waals surface area contributed by atoms with E-state index in [2.05, 4.69) is 48.1 Å². The van der Waals surface area contributed by atoms with Gasteiger partial charge in [0.05, 0.1) is 0 Å². The Labute approximate surface area is 312 Å². The van der Waals surface area contributed by atoms with Gasteiger partial charge in [-0.15, -0.1) is 0 Å². The van der Waals surface area contributed by atoms with Gasteiger partial charge in [-0.3, -0.25) is 4.79 Å². The molecule has 3 saturated carbocycles. The molecule has 4 rings (SSSR count). The zero-order valence-corrected chi connectivity index (χ0v) is 33.7. The maximum atomic E-state index is 13.4. The molecule has 0 unspecified atom stereocenters. The summed E-state index contributed by atoms with van der Waals surface area (Å²) in [5.74, 6) is -0.912. The molecule has 0 radical (unpaired) electrons. The second-order valence-electron chi connectivity index (χ2n) is 17.0. The molecule has 10 heteroatoms. The van der Waals surface area contributed by atoms with E-state index in [0.29, 0.717) is 50.4 Å². The Morgan fingerprint density at radius 2 is 1.40 bits per heavy atom. The summed E-state index contributed by atoms with van der Waals surface area (Å²) in [7, 11) is 0. The number of ketones is 1. The van der Waals surface area contributed by atoms with Gasteiger partial charge in [-0.2, -0.15) is 0 Å². The molecule has 0 aromatic heterocycles. The van der Waals surface area contributed by atoms with Gasteiger partial charge in [-0.05, 0) is 99.9 Å². The third kappa shape index (κ3) is 8.09. The minimum absolute atomic E-state index is 0.0488. The van der Waals surface area contributed by atoms with Gasteiger partial charge < -0.3 is 28.4 Å². The Balaban J connectivity index is 1.75. The first-order valence-corrected chi connectivity index (χ1v) is 19.6. The van der Waals surface area contributed by atoms with Crippen molar-refractivity contribution in [2.24, 2.45) is 39.4 Å². The van der Waals surface area contributed by atoms with Gasteiger partial charge in [0.1, 0.15) is 37.8 Å². The fraction of sp³-hybridized carbons (Fsp3) is 0.810. The average Bonchev–Trinajstić information content (AvgIpc) is 3.43. The van der Waals surface area contributed by atoms with Crippen molar-refractivity contribution in [1.29, 1.82) is 0 Å². The number of carbonyl (C=O) groups excluding carboxylic acids is 4. The first-order chi connectivity index (χ1) is 24.4. The molecule has 0 heterocycles. The number of carbonyl (C=O) groups is 4. The summed E-state index contributed by atoms with van der Waals surface area (Å²) in [6.45, 7) is 25.5. The molecule has 4 aliphatic rings. The third-order valence-corrected chi connectivity index (χ3v) is 13.7. The predicted octanol–water partition coefficient (Wildman–Crippen LogP) is 7.36. The van der Waals surface area contributed by atoms with E-state index in [-0.39, 0.29) is 65.9 Å². The molecule has 9 atom stereocenters. The van der Waals surface area contributed by atoms with E-state index >= 15 is 0 Å². The molecule has 0 N–H and O–H groups in total. The highest BCUT2D eigenvalue weighted by atomic mass is 16.6. The molecule has 4 aliphatic carbocycles. The fourth-order valence-electron chi connectivity index (χ4n) is 11.1. The van der Waals surface area contributed by atoms with Crippen LogP contribution < -0.4 is 0 Å². The maximum absolute atomic E-state index is 13.4. The van der Waals surface area contributed by atoms with Crippen LogP contribution >= 0.6 is 0 Å². The number of Topliss-reactive ketones (excluding diaryl/α,β-unsaturated/α-hetero) is 1. The molecule has 52 heavy (non-hydrogen) atoms. The SMILES string of the molecule is C=C(C)[C@H](OC(=O)COCC)[C@H](C[C@@H](C)C1=C2C[C@H](OC(=O)COCC)[C@H]3[C@@]4(C)CCC(=O)C(C)(C)[C@@H]4CC[C@]3(C)[C@@]2(C)CC1)OC(=O)COCC. The molecule has 0 aliphatic heterocycles. The summed E-state index contributed by atoms with van der Waals surface area (Å²) in [4.78, 5) is 52.4. The zero-order valence-electron chi connectivity index (χ0n) is 33.7. The maximum Gasteiger partial charge on any atom is 0.332 e. The lowest BCUT2D eigenvalue weighted by Gasteiger charge is -2.69. The number of esters is 3. The fourth-order valence-corrected chi connectivity index (χ4v) is 11.1. The van der Waals surface area contributed by atoms with Crippen molar-refractivity contribution in [3.05, 3.63) is 23.3 Å². The molecular formula is C42H66O10. The Morgan fingerprint density at radius 1 is 0.827 bits per heavy atom. The molecular weight excluding hydrogens is 664 g/mol. The lowest BCUT2D eigenvalue weighted by molar-refractivity contribution is -0.219. The highest BCUT2D eigenvalue weighted by molar-refractivity contribution is 5.85. The van der Waals surface area contributed by atoms with Crippen LogP contribution in [0.15, 0.2) is 23.3 Å². The van der Waals surface area contributed by atoms with Crippen molar-refractivity contribution >= 4 is 23.7 Å². The lowest BCUT2D eigenvalue weighted by atomic mass is 9.36. The van der Waals surface area contributed by atoms with Crippen molar-refractivity contribution in [2.45, 2.75) is 139 Å². The van der Waals surface area contributed by atoms with Gasteiger partial charge in [0.15, 0.2) is 6.10 Å². The summed E-state index contributed by atoms with van der Waals surface area (Å²) in [5.41, 5.74) is 2.17. The summed E-state index contributed by atoms with van der Waals surface area (Å²) in [6, 6.07) is 0. The minimum atomic E-state index is -0.868. The topological polar surface area (TPSA) is 124 Å². The van der Waals surface area contributed by atoms with E-state index in [1.54, 1.807) is 13.8 Å². The van der Waals surface area contributed by atoms with Gasteiger partial charge in [0.2, 0.25) is 0 Å². The molecule has 0 bridgehead atoms. The van der Waals surface area contributed by atoms with Crippen molar-refractivity contribution in [3.63, 3.8) is 0 Å². The number of hydrogen-bond acceptors (Lipinski definition) is 10. The number of allylic oxidation sites excluding steroid dienone is 1. The van der Waals surface area contributed by atoms with Crippen LogP contribution in [0.1, 0.15) is 121 Å². The van der Waals surface area contributed by atoms with Crippen LogP contribution in [0.2, 0.25) is 0 Å². The number of rotatable bonds is 17. The summed E-state index contributed by atoms with van der Waals surface area (Å²) in [6.07, 6.45) is 3.99. The second kappa shape index (κ2) is 16.8. The monoisotopic (exact) mass is 730 g/mol. The van der Waals surface area contributed by atoms with Crippen LogP contribution in [0, 0.1) is 39.4 Å². The Kier molecular flexibility index (Phi) is 13.7. The van der Waals surface area contributed by atoms with E-state index in [1.807, 2.05) is 13.8 Å². The molecule has 3 fully saturated rings. The van der Waals surface area contributed by atoms with Gasteiger partial charge >= 0.3 is 17.9 Å². The van der Waals surface area contributed by atoms with E-state index in [0.717, 1.165) is 32.1 Å². The molecule has 0 aromatic carbocycles. The molecule has 10 nitrogen and oxygen atoms in total. The van der Waals surface area contributed by atoms with Gasteiger partial charge in [-0.25, -0.2) is 14.4 Å². The van der Waals surface area contributed by atoms with E-state index < -0.39 is 29.6 Å². The molecule has 0 aromatic rings. The van der Waals surface area contributed by atoms with E-state index in [9.17, 15) is 19.2 Å². The first kappa shape index (κ1) is 42.2. The van der Waals surface area contributed by atoms with Crippen LogP contribution in [0.3, 0.4) is 0 Å².